The van der Waals surface area contributed by atoms with Gasteiger partial charge in [0.15, 0.2) is 0 Å². The number of piperidine rings is 1. The van der Waals surface area contributed by atoms with Gasteiger partial charge in [-0.15, -0.1) is 0 Å². The molecule has 2 aliphatic heterocycles. The molecule has 0 spiro atoms. The zero-order chi connectivity index (χ0) is 20.5. The highest BCUT2D eigenvalue weighted by molar-refractivity contribution is 6.12. The molecule has 1 unspecified atom stereocenters. The topological polar surface area (TPSA) is 87.8 Å². The molecule has 3 N–H and O–H groups in total. The van der Waals surface area contributed by atoms with Crippen LogP contribution in [-0.2, 0) is 9.59 Å². The molecule has 7 heteroatoms. The van der Waals surface area contributed by atoms with E-state index in [4.69, 9.17) is 5.73 Å². The van der Waals surface area contributed by atoms with E-state index in [0.29, 0.717) is 11.3 Å². The van der Waals surface area contributed by atoms with Gasteiger partial charge in [0, 0.05) is 36.6 Å². The Kier molecular flexibility index (Phi) is 5.05. The number of carbonyl (C=O) groups excluding carboxylic acids is 2. The summed E-state index contributed by atoms with van der Waals surface area (Å²) in [6.07, 6.45) is 3.09. The largest absolute Gasteiger partial charge is 0.371 e. The Labute approximate surface area is 168 Å². The third kappa shape index (κ3) is 3.85. The monoisotopic (exact) mass is 394 g/mol. The second-order valence-electron chi connectivity index (χ2n) is 7.61. The first-order chi connectivity index (χ1) is 13.9. The van der Waals surface area contributed by atoms with E-state index in [-0.39, 0.29) is 23.5 Å². The zero-order valence-corrected chi connectivity index (χ0v) is 16.2. The average Bonchev–Trinajstić information content (AvgIpc) is 3.01. The van der Waals surface area contributed by atoms with Crippen molar-refractivity contribution in [2.24, 2.45) is 16.6 Å². The van der Waals surface area contributed by atoms with E-state index >= 15 is 0 Å². The molecule has 0 saturated carbocycles. The number of amides is 2. The van der Waals surface area contributed by atoms with E-state index in [0.717, 1.165) is 42.9 Å². The highest BCUT2D eigenvalue weighted by atomic mass is 19.1. The SMILES string of the molecule is Cc1cc(N=CC2C(=O)Nc3ccc(F)cc32)ccc1N1CCC(C(N)=O)CC1. The molecular weight excluding hydrogens is 371 g/mol. The van der Waals surface area contributed by atoms with Gasteiger partial charge < -0.3 is 16.0 Å². The van der Waals surface area contributed by atoms with Crippen molar-refractivity contribution in [3.05, 3.63) is 53.3 Å². The predicted octanol–water partition coefficient (Wildman–Crippen LogP) is 3.27. The van der Waals surface area contributed by atoms with Crippen LogP contribution in [0.2, 0.25) is 0 Å². The minimum atomic E-state index is -0.603. The van der Waals surface area contributed by atoms with Gasteiger partial charge >= 0.3 is 0 Å². The number of anilines is 2. The Balaban J connectivity index is 1.49. The summed E-state index contributed by atoms with van der Waals surface area (Å²) in [4.78, 5) is 30.3. The Hall–Kier alpha value is -3.22. The highest BCUT2D eigenvalue weighted by Crippen LogP contribution is 2.33. The van der Waals surface area contributed by atoms with Crippen LogP contribution in [0.25, 0.3) is 0 Å². The fourth-order valence-electron chi connectivity index (χ4n) is 4.04. The number of fused-ring (bicyclic) bond motifs is 1. The molecule has 2 aromatic rings. The summed E-state index contributed by atoms with van der Waals surface area (Å²) in [6, 6.07) is 10.1. The number of benzene rings is 2. The second-order valence-corrected chi connectivity index (χ2v) is 7.61. The van der Waals surface area contributed by atoms with Gasteiger partial charge in [-0.2, -0.15) is 0 Å². The molecule has 2 heterocycles. The van der Waals surface area contributed by atoms with Crippen LogP contribution in [0.1, 0.15) is 29.9 Å². The molecule has 29 heavy (non-hydrogen) atoms. The fourth-order valence-corrected chi connectivity index (χ4v) is 4.04. The molecule has 1 saturated heterocycles. The third-order valence-electron chi connectivity index (χ3n) is 5.68. The first-order valence-corrected chi connectivity index (χ1v) is 9.72. The van der Waals surface area contributed by atoms with Crippen molar-refractivity contribution in [3.8, 4) is 0 Å². The van der Waals surface area contributed by atoms with E-state index in [1.165, 1.54) is 12.1 Å². The number of primary amides is 1. The maximum absolute atomic E-state index is 13.6. The molecule has 2 amide bonds. The van der Waals surface area contributed by atoms with Crippen molar-refractivity contribution in [3.63, 3.8) is 0 Å². The lowest BCUT2D eigenvalue weighted by Crippen LogP contribution is -2.38. The molecule has 4 rings (SSSR count). The summed E-state index contributed by atoms with van der Waals surface area (Å²) < 4.78 is 13.6. The van der Waals surface area contributed by atoms with Crippen molar-refractivity contribution in [1.29, 1.82) is 0 Å². The molecule has 6 nitrogen and oxygen atoms in total. The molecule has 0 aromatic heterocycles. The van der Waals surface area contributed by atoms with Crippen molar-refractivity contribution < 1.29 is 14.0 Å². The van der Waals surface area contributed by atoms with Gasteiger partial charge in [-0.3, -0.25) is 14.6 Å². The van der Waals surface area contributed by atoms with Crippen LogP contribution >= 0.6 is 0 Å². The number of carbonyl (C=O) groups is 2. The lowest BCUT2D eigenvalue weighted by molar-refractivity contribution is -0.122. The van der Waals surface area contributed by atoms with E-state index in [1.54, 1.807) is 12.3 Å². The lowest BCUT2D eigenvalue weighted by Gasteiger charge is -2.33. The quantitative estimate of drug-likeness (QED) is 0.780. The van der Waals surface area contributed by atoms with Gasteiger partial charge in [0.05, 0.1) is 5.69 Å². The van der Waals surface area contributed by atoms with Crippen molar-refractivity contribution in [2.45, 2.75) is 25.7 Å². The molecule has 0 radical (unpaired) electrons. The molecule has 150 valence electrons. The number of hydrogen-bond donors (Lipinski definition) is 2. The Morgan fingerprint density at radius 1 is 1.24 bits per heavy atom. The van der Waals surface area contributed by atoms with Crippen LogP contribution < -0.4 is 16.0 Å². The van der Waals surface area contributed by atoms with Crippen LogP contribution in [0, 0.1) is 18.7 Å². The maximum atomic E-state index is 13.6. The normalized spacial score (nSPS) is 19.4. The molecule has 1 atom stereocenters. The minimum absolute atomic E-state index is 0.0410. The molecule has 1 fully saturated rings. The number of nitrogens with zero attached hydrogens (tertiary/aromatic N) is 2. The number of nitrogens with one attached hydrogen (secondary N) is 1. The van der Waals surface area contributed by atoms with E-state index in [1.807, 2.05) is 25.1 Å². The van der Waals surface area contributed by atoms with Crippen molar-refractivity contribution in [2.75, 3.05) is 23.3 Å². The van der Waals surface area contributed by atoms with E-state index in [2.05, 4.69) is 15.2 Å². The van der Waals surface area contributed by atoms with Gasteiger partial charge in [0.2, 0.25) is 11.8 Å². The van der Waals surface area contributed by atoms with Gasteiger partial charge in [0.25, 0.3) is 0 Å². The molecule has 0 aliphatic carbocycles. The van der Waals surface area contributed by atoms with Gasteiger partial charge in [0.1, 0.15) is 11.7 Å². The Morgan fingerprint density at radius 3 is 2.69 bits per heavy atom. The van der Waals surface area contributed by atoms with Crippen molar-refractivity contribution >= 4 is 35.1 Å². The number of aryl methyl sites for hydroxylation is 1. The summed E-state index contributed by atoms with van der Waals surface area (Å²) >= 11 is 0. The summed E-state index contributed by atoms with van der Waals surface area (Å²) in [6.45, 7) is 3.60. The number of hydrogen-bond acceptors (Lipinski definition) is 4. The lowest BCUT2D eigenvalue weighted by atomic mass is 9.95. The summed E-state index contributed by atoms with van der Waals surface area (Å²) in [5, 5.41) is 2.75. The third-order valence-corrected chi connectivity index (χ3v) is 5.68. The van der Waals surface area contributed by atoms with Gasteiger partial charge in [-0.05, 0) is 67.3 Å². The maximum Gasteiger partial charge on any atom is 0.237 e. The van der Waals surface area contributed by atoms with E-state index < -0.39 is 5.92 Å². The summed E-state index contributed by atoms with van der Waals surface area (Å²) in [5.41, 5.74) is 9.55. The van der Waals surface area contributed by atoms with Crippen LogP contribution in [0.3, 0.4) is 0 Å². The Morgan fingerprint density at radius 2 is 2.00 bits per heavy atom. The Bertz CT molecular complexity index is 996. The first kappa shape index (κ1) is 19.1. The van der Waals surface area contributed by atoms with Gasteiger partial charge in [-0.1, -0.05) is 0 Å². The van der Waals surface area contributed by atoms with Crippen LogP contribution in [0.4, 0.5) is 21.5 Å². The first-order valence-electron chi connectivity index (χ1n) is 9.72. The number of nitrogens with two attached hydrogens (primary N) is 1. The summed E-state index contributed by atoms with van der Waals surface area (Å²) in [5.74, 6) is -1.45. The summed E-state index contributed by atoms with van der Waals surface area (Å²) in [7, 11) is 0. The molecular formula is C22H23FN4O2. The fraction of sp³-hybridized carbons (Fsp3) is 0.318. The number of aliphatic imine (C=N–C) groups is 1. The minimum Gasteiger partial charge on any atom is -0.371 e. The number of halogens is 1. The highest BCUT2D eigenvalue weighted by Gasteiger charge is 2.29. The van der Waals surface area contributed by atoms with Crippen LogP contribution in [0.5, 0.6) is 0 Å². The van der Waals surface area contributed by atoms with Crippen LogP contribution in [0.15, 0.2) is 41.4 Å². The predicted molar refractivity (Wildman–Crippen MR) is 111 cm³/mol. The molecule has 2 aliphatic rings. The van der Waals surface area contributed by atoms with Crippen molar-refractivity contribution in [1.82, 2.24) is 0 Å². The smallest absolute Gasteiger partial charge is 0.237 e. The number of rotatable bonds is 4. The van der Waals surface area contributed by atoms with Gasteiger partial charge in [-0.25, -0.2) is 4.39 Å². The zero-order valence-electron chi connectivity index (χ0n) is 16.2. The van der Waals surface area contributed by atoms with Crippen LogP contribution in [-0.4, -0.2) is 31.1 Å². The molecule has 2 aromatic carbocycles. The average molecular weight is 394 g/mol. The molecule has 0 bridgehead atoms. The second kappa shape index (κ2) is 7.66. The standard InChI is InChI=1S/C22H23FN4O2/c1-13-10-16(3-5-20(13)27-8-6-14(7-9-27)21(24)28)25-12-18-17-11-15(23)2-4-19(17)26-22(18)29/h2-5,10-12,14,18H,6-9H2,1H3,(H2,24,28)(H,26,29). The van der Waals surface area contributed by atoms with E-state index in [9.17, 15) is 14.0 Å².